The number of pyridine rings is 1. The monoisotopic (exact) mass is 348 g/mol. The number of aromatic nitrogens is 1. The number of carbonyl (C=O) groups excluding carboxylic acids is 1. The van der Waals surface area contributed by atoms with Crippen LogP contribution in [0.2, 0.25) is 5.02 Å². The van der Waals surface area contributed by atoms with Crippen LogP contribution in [0.5, 0.6) is 0 Å². The molecule has 0 saturated carbocycles. The van der Waals surface area contributed by atoms with Gasteiger partial charge in [0, 0.05) is 48.0 Å². The molecular weight excluding hydrogens is 331 g/mol. The number of rotatable bonds is 4. The highest BCUT2D eigenvalue weighted by Gasteiger charge is 2.36. The second-order valence-corrected chi connectivity index (χ2v) is 6.33. The smallest absolute Gasteiger partial charge is 0.251 e. The Morgan fingerprint density at radius 3 is 2.75 bits per heavy atom. The topological polar surface area (TPSA) is 51.2 Å². The van der Waals surface area contributed by atoms with Crippen LogP contribution in [0.3, 0.4) is 0 Å². The molecule has 1 amide bonds. The van der Waals surface area contributed by atoms with Gasteiger partial charge in [-0.2, -0.15) is 4.39 Å². The number of hydrogen-bond acceptors (Lipinski definition) is 3. The summed E-state index contributed by atoms with van der Waals surface area (Å²) in [5.74, 6) is -0.997. The average molecular weight is 349 g/mol. The molecule has 3 rings (SSSR count). The normalized spacial score (nSPS) is 16.6. The van der Waals surface area contributed by atoms with Crippen LogP contribution < -0.4 is 5.32 Å². The highest BCUT2D eigenvalue weighted by atomic mass is 35.5. The summed E-state index contributed by atoms with van der Waals surface area (Å²) in [7, 11) is 0. The van der Waals surface area contributed by atoms with Crippen molar-refractivity contribution in [1.82, 2.24) is 10.3 Å². The van der Waals surface area contributed by atoms with Gasteiger partial charge in [0.15, 0.2) is 0 Å². The first kappa shape index (κ1) is 16.9. The van der Waals surface area contributed by atoms with Crippen LogP contribution in [0.25, 0.3) is 0 Å². The molecule has 24 heavy (non-hydrogen) atoms. The summed E-state index contributed by atoms with van der Waals surface area (Å²) in [5.41, 5.74) is 0.984. The maximum Gasteiger partial charge on any atom is 0.251 e. The maximum atomic E-state index is 13.2. The zero-order valence-corrected chi connectivity index (χ0v) is 13.9. The lowest BCUT2D eigenvalue weighted by Crippen LogP contribution is -2.44. The van der Waals surface area contributed by atoms with E-state index in [4.69, 9.17) is 16.3 Å². The number of carbonyl (C=O) groups is 1. The van der Waals surface area contributed by atoms with Gasteiger partial charge in [-0.3, -0.25) is 4.79 Å². The van der Waals surface area contributed by atoms with Gasteiger partial charge in [0.2, 0.25) is 5.95 Å². The zero-order chi connectivity index (χ0) is 17.0. The van der Waals surface area contributed by atoms with Gasteiger partial charge in [-0.25, -0.2) is 4.98 Å². The van der Waals surface area contributed by atoms with Crippen LogP contribution in [0, 0.1) is 5.95 Å². The molecule has 0 unspecified atom stereocenters. The third-order valence-corrected chi connectivity index (χ3v) is 4.80. The van der Waals surface area contributed by atoms with Crippen molar-refractivity contribution < 1.29 is 13.9 Å². The minimum absolute atomic E-state index is 0.254. The van der Waals surface area contributed by atoms with Crippen LogP contribution in [0.1, 0.15) is 28.8 Å². The van der Waals surface area contributed by atoms with E-state index < -0.39 is 5.95 Å². The first-order chi connectivity index (χ1) is 11.6. The van der Waals surface area contributed by atoms with E-state index in [0.29, 0.717) is 24.8 Å². The largest absolute Gasteiger partial charge is 0.381 e. The molecule has 2 heterocycles. The summed E-state index contributed by atoms with van der Waals surface area (Å²) in [6, 6.07) is 10.3. The van der Waals surface area contributed by atoms with Gasteiger partial charge in [0.25, 0.3) is 5.91 Å². The lowest BCUT2D eigenvalue weighted by Gasteiger charge is -2.38. The first-order valence-electron chi connectivity index (χ1n) is 7.83. The van der Waals surface area contributed by atoms with Crippen molar-refractivity contribution >= 4 is 17.5 Å². The molecule has 0 spiro atoms. The summed E-state index contributed by atoms with van der Waals surface area (Å²) in [6.45, 7) is 1.65. The fourth-order valence-electron chi connectivity index (χ4n) is 3.09. The predicted octanol–water partition coefficient (Wildman–Crippen LogP) is 3.35. The zero-order valence-electron chi connectivity index (χ0n) is 13.1. The molecule has 6 heteroatoms. The van der Waals surface area contributed by atoms with E-state index >= 15 is 0 Å². The summed E-state index contributed by atoms with van der Waals surface area (Å²) >= 11 is 6.39. The Morgan fingerprint density at radius 2 is 2.04 bits per heavy atom. The van der Waals surface area contributed by atoms with Gasteiger partial charge in [-0.1, -0.05) is 29.8 Å². The quantitative estimate of drug-likeness (QED) is 0.862. The molecule has 1 aromatic carbocycles. The Labute approximate surface area is 145 Å². The molecule has 1 aliphatic rings. The second-order valence-electron chi connectivity index (χ2n) is 5.92. The molecule has 1 aliphatic heterocycles. The summed E-state index contributed by atoms with van der Waals surface area (Å²) < 4.78 is 18.7. The van der Waals surface area contributed by atoms with Crippen molar-refractivity contribution in [2.45, 2.75) is 18.3 Å². The standard InChI is InChI=1S/C18H18ClFN2O2/c19-15-4-2-1-3-14(15)18(6-9-24-10-7-18)12-22-17(23)13-5-8-21-16(20)11-13/h1-5,8,11H,6-7,9-10,12H2,(H,22,23). The maximum absolute atomic E-state index is 13.2. The number of ether oxygens (including phenoxy) is 1. The summed E-state index contributed by atoms with van der Waals surface area (Å²) in [6.07, 6.45) is 2.81. The van der Waals surface area contributed by atoms with Gasteiger partial charge in [0.05, 0.1) is 0 Å². The van der Waals surface area contributed by atoms with Gasteiger partial charge >= 0.3 is 0 Å². The minimum Gasteiger partial charge on any atom is -0.381 e. The number of hydrogen-bond donors (Lipinski definition) is 1. The van der Waals surface area contributed by atoms with Crippen molar-refractivity contribution in [1.29, 1.82) is 0 Å². The second kappa shape index (κ2) is 7.28. The first-order valence-corrected chi connectivity index (χ1v) is 8.21. The van der Waals surface area contributed by atoms with Crippen molar-refractivity contribution in [2.24, 2.45) is 0 Å². The van der Waals surface area contributed by atoms with Crippen LogP contribution in [0.4, 0.5) is 4.39 Å². The molecule has 0 aliphatic carbocycles. The molecule has 126 valence electrons. The van der Waals surface area contributed by atoms with Crippen LogP contribution in [-0.2, 0) is 10.2 Å². The van der Waals surface area contributed by atoms with E-state index in [1.54, 1.807) is 0 Å². The van der Waals surface area contributed by atoms with Gasteiger partial charge in [-0.05, 0) is 30.5 Å². The highest BCUT2D eigenvalue weighted by molar-refractivity contribution is 6.31. The number of amides is 1. The van der Waals surface area contributed by atoms with Crippen LogP contribution in [0.15, 0.2) is 42.6 Å². The Bertz CT molecular complexity index is 732. The fraction of sp³-hybridized carbons (Fsp3) is 0.333. The molecule has 0 bridgehead atoms. The third kappa shape index (κ3) is 3.57. The van der Waals surface area contributed by atoms with Gasteiger partial charge in [-0.15, -0.1) is 0 Å². The minimum atomic E-state index is -0.672. The van der Waals surface area contributed by atoms with Crippen molar-refractivity contribution in [2.75, 3.05) is 19.8 Å². The SMILES string of the molecule is O=C(NCC1(c2ccccc2Cl)CCOCC1)c1ccnc(F)c1. The van der Waals surface area contributed by atoms with E-state index in [9.17, 15) is 9.18 Å². The lowest BCUT2D eigenvalue weighted by molar-refractivity contribution is 0.0487. The van der Waals surface area contributed by atoms with Gasteiger partial charge < -0.3 is 10.1 Å². The van der Waals surface area contributed by atoms with E-state index in [0.717, 1.165) is 24.5 Å². The summed E-state index contributed by atoms with van der Waals surface area (Å²) in [5, 5.41) is 3.60. The Morgan fingerprint density at radius 1 is 1.29 bits per heavy atom. The number of nitrogens with zero attached hydrogens (tertiary/aromatic N) is 1. The number of halogens is 2. The molecule has 1 aromatic heterocycles. The molecule has 0 radical (unpaired) electrons. The van der Waals surface area contributed by atoms with E-state index in [1.165, 1.54) is 12.3 Å². The fourth-order valence-corrected chi connectivity index (χ4v) is 3.43. The Hall–Kier alpha value is -1.98. The third-order valence-electron chi connectivity index (χ3n) is 4.47. The van der Waals surface area contributed by atoms with Crippen LogP contribution >= 0.6 is 11.6 Å². The molecule has 2 aromatic rings. The Kier molecular flexibility index (Phi) is 5.11. The Balaban J connectivity index is 1.81. The number of nitrogens with one attached hydrogen (secondary N) is 1. The van der Waals surface area contributed by atoms with E-state index in [2.05, 4.69) is 10.3 Å². The van der Waals surface area contributed by atoms with Gasteiger partial charge in [0.1, 0.15) is 0 Å². The molecular formula is C18H18ClFN2O2. The van der Waals surface area contributed by atoms with Crippen LogP contribution in [-0.4, -0.2) is 30.6 Å². The average Bonchev–Trinajstić information content (AvgIpc) is 2.61. The molecule has 1 N–H and O–H groups in total. The highest BCUT2D eigenvalue weighted by Crippen LogP contribution is 2.38. The lowest BCUT2D eigenvalue weighted by atomic mass is 9.74. The molecule has 1 saturated heterocycles. The van der Waals surface area contributed by atoms with Crippen molar-refractivity contribution in [3.05, 3.63) is 64.7 Å². The number of benzene rings is 1. The van der Waals surface area contributed by atoms with Crippen molar-refractivity contribution in [3.8, 4) is 0 Å². The molecule has 1 fully saturated rings. The molecule has 0 atom stereocenters. The van der Waals surface area contributed by atoms with Crippen molar-refractivity contribution in [3.63, 3.8) is 0 Å². The van der Waals surface area contributed by atoms with E-state index in [-0.39, 0.29) is 16.9 Å². The molecule has 4 nitrogen and oxygen atoms in total. The summed E-state index contributed by atoms with van der Waals surface area (Å²) in [4.78, 5) is 15.8. The van der Waals surface area contributed by atoms with E-state index in [1.807, 2.05) is 24.3 Å². The predicted molar refractivity (Wildman–Crippen MR) is 89.7 cm³/mol.